The number of benzene rings is 2. The molecule has 168 valence electrons. The van der Waals surface area contributed by atoms with Gasteiger partial charge in [-0.1, -0.05) is 24.3 Å². The summed E-state index contributed by atoms with van der Waals surface area (Å²) in [7, 11) is 0. The molecule has 0 spiro atoms. The van der Waals surface area contributed by atoms with Gasteiger partial charge in [0.2, 0.25) is 0 Å². The number of pyridine rings is 1. The molecular formula is C27H25NO5. The van der Waals surface area contributed by atoms with Gasteiger partial charge in [-0.25, -0.2) is 9.78 Å². The quantitative estimate of drug-likeness (QED) is 0.413. The summed E-state index contributed by atoms with van der Waals surface area (Å²) in [5, 5.41) is 11.7. The van der Waals surface area contributed by atoms with E-state index in [1.54, 1.807) is 6.07 Å². The highest BCUT2D eigenvalue weighted by Crippen LogP contribution is 2.39. The highest BCUT2D eigenvalue weighted by Gasteiger charge is 2.36. The second-order valence-electron chi connectivity index (χ2n) is 9.19. The van der Waals surface area contributed by atoms with Crippen molar-refractivity contribution in [1.82, 2.24) is 4.98 Å². The first-order valence-electron chi connectivity index (χ1n) is 11.5. The Hall–Kier alpha value is -3.38. The van der Waals surface area contributed by atoms with Crippen LogP contribution in [0.3, 0.4) is 0 Å². The Morgan fingerprint density at radius 3 is 2.58 bits per heavy atom. The Kier molecular flexibility index (Phi) is 4.66. The summed E-state index contributed by atoms with van der Waals surface area (Å²) in [6, 6.07) is 13.2. The van der Waals surface area contributed by atoms with Gasteiger partial charge in [0.05, 0.1) is 28.7 Å². The molecule has 6 rings (SSSR count). The fourth-order valence-corrected chi connectivity index (χ4v) is 5.33. The van der Waals surface area contributed by atoms with Crippen molar-refractivity contribution in [2.24, 2.45) is 0 Å². The third kappa shape index (κ3) is 3.37. The minimum atomic E-state index is -1.01. The molecule has 2 fully saturated rings. The first-order valence-corrected chi connectivity index (χ1v) is 11.5. The highest BCUT2D eigenvalue weighted by atomic mass is 16.5. The van der Waals surface area contributed by atoms with Crippen LogP contribution in [0.4, 0.5) is 0 Å². The van der Waals surface area contributed by atoms with E-state index >= 15 is 0 Å². The van der Waals surface area contributed by atoms with E-state index in [1.807, 2.05) is 50.2 Å². The predicted octanol–water partition coefficient (Wildman–Crippen LogP) is 6.05. The number of fused-ring (bicyclic) bond motifs is 4. The van der Waals surface area contributed by atoms with Crippen molar-refractivity contribution in [2.45, 2.75) is 57.8 Å². The number of carboxylic acids is 1. The molecule has 2 aromatic carbocycles. The number of hydrogen-bond donors (Lipinski definition) is 1. The summed E-state index contributed by atoms with van der Waals surface area (Å²) in [5.41, 5.74) is 3.89. The van der Waals surface area contributed by atoms with Gasteiger partial charge in [-0.05, 0) is 50.5 Å². The molecule has 0 aliphatic carbocycles. The van der Waals surface area contributed by atoms with Crippen molar-refractivity contribution in [3.63, 3.8) is 0 Å². The average Bonchev–Trinajstić information content (AvgIpc) is 3.33. The summed E-state index contributed by atoms with van der Waals surface area (Å²) < 4.78 is 18.4. The van der Waals surface area contributed by atoms with Gasteiger partial charge in [0, 0.05) is 23.8 Å². The number of rotatable bonds is 4. The molecule has 0 amide bonds. The first-order chi connectivity index (χ1) is 16.0. The van der Waals surface area contributed by atoms with Crippen molar-refractivity contribution < 1.29 is 23.8 Å². The third-order valence-electron chi connectivity index (χ3n) is 6.97. The summed E-state index contributed by atoms with van der Waals surface area (Å²) >= 11 is 0. The van der Waals surface area contributed by atoms with Crippen LogP contribution in [0.25, 0.3) is 33.3 Å². The molecule has 0 saturated carbocycles. The average molecular weight is 443 g/mol. The van der Waals surface area contributed by atoms with E-state index in [-0.39, 0.29) is 23.9 Å². The number of carbonyl (C=O) groups is 1. The van der Waals surface area contributed by atoms with Gasteiger partial charge in [-0.15, -0.1) is 0 Å². The van der Waals surface area contributed by atoms with Gasteiger partial charge in [-0.3, -0.25) is 0 Å². The number of carboxylic acid groups (broad SMARTS) is 1. The van der Waals surface area contributed by atoms with E-state index in [0.29, 0.717) is 28.1 Å². The van der Waals surface area contributed by atoms with E-state index in [9.17, 15) is 9.90 Å². The Bertz CT molecular complexity index is 1390. The van der Waals surface area contributed by atoms with Gasteiger partial charge in [0.1, 0.15) is 23.1 Å². The number of ether oxygens (including phenoxy) is 2. The molecule has 2 aliphatic rings. The lowest BCUT2D eigenvalue weighted by atomic mass is 10.0. The number of aromatic nitrogens is 1. The second-order valence-corrected chi connectivity index (χ2v) is 9.19. The van der Waals surface area contributed by atoms with Crippen molar-refractivity contribution in [2.75, 3.05) is 0 Å². The SMILES string of the molecule is Cc1c(-c2cc(C(=O)O)c3c(O[C@@H]4C[C@H]5CC[C@@H](C4)O5)ccc(C)c3n2)oc2ccccc12. The van der Waals surface area contributed by atoms with Crippen LogP contribution >= 0.6 is 0 Å². The van der Waals surface area contributed by atoms with Crippen molar-refractivity contribution in [1.29, 1.82) is 0 Å². The van der Waals surface area contributed by atoms with Gasteiger partial charge < -0.3 is 19.0 Å². The molecule has 4 aromatic rings. The summed E-state index contributed by atoms with van der Waals surface area (Å²) in [6.07, 6.45) is 4.30. The van der Waals surface area contributed by atoms with E-state index in [0.717, 1.165) is 47.8 Å². The maximum absolute atomic E-state index is 12.4. The number of aromatic carboxylic acids is 1. The first kappa shape index (κ1) is 20.2. The molecule has 0 unspecified atom stereocenters. The molecule has 33 heavy (non-hydrogen) atoms. The lowest BCUT2D eigenvalue weighted by molar-refractivity contribution is -0.0435. The highest BCUT2D eigenvalue weighted by molar-refractivity contribution is 6.07. The topological polar surface area (TPSA) is 81.8 Å². The molecule has 6 nitrogen and oxygen atoms in total. The van der Waals surface area contributed by atoms with Crippen molar-refractivity contribution in [3.8, 4) is 17.2 Å². The molecule has 2 bridgehead atoms. The molecular weight excluding hydrogens is 418 g/mol. The van der Waals surface area contributed by atoms with Gasteiger partial charge in [0.25, 0.3) is 0 Å². The number of para-hydroxylation sites is 1. The van der Waals surface area contributed by atoms with Crippen LogP contribution in [0.2, 0.25) is 0 Å². The normalized spacial score (nSPS) is 22.2. The number of hydrogen-bond acceptors (Lipinski definition) is 5. The molecule has 6 heteroatoms. The van der Waals surface area contributed by atoms with E-state index in [1.165, 1.54) is 0 Å². The van der Waals surface area contributed by atoms with Crippen molar-refractivity contribution >= 4 is 27.8 Å². The molecule has 1 N–H and O–H groups in total. The minimum absolute atomic E-state index is 0.0149. The fraction of sp³-hybridized carbons (Fsp3) is 0.333. The number of aryl methyl sites for hydroxylation is 2. The van der Waals surface area contributed by atoms with Crippen LogP contribution in [0.15, 0.2) is 46.9 Å². The van der Waals surface area contributed by atoms with Crippen LogP contribution in [0.1, 0.15) is 47.2 Å². The lowest BCUT2D eigenvalue weighted by Gasteiger charge is -2.29. The zero-order chi connectivity index (χ0) is 22.7. The molecule has 2 saturated heterocycles. The van der Waals surface area contributed by atoms with E-state index < -0.39 is 5.97 Å². The Morgan fingerprint density at radius 2 is 1.85 bits per heavy atom. The molecule has 3 atom stereocenters. The third-order valence-corrected chi connectivity index (χ3v) is 6.97. The molecule has 4 heterocycles. The van der Waals surface area contributed by atoms with Crippen LogP contribution in [0.5, 0.6) is 5.75 Å². The predicted molar refractivity (Wildman–Crippen MR) is 125 cm³/mol. The van der Waals surface area contributed by atoms with E-state index in [4.69, 9.17) is 18.9 Å². The summed E-state index contributed by atoms with van der Waals surface area (Å²) in [4.78, 5) is 17.3. The fourth-order valence-electron chi connectivity index (χ4n) is 5.33. The lowest BCUT2D eigenvalue weighted by Crippen LogP contribution is -2.32. The van der Waals surface area contributed by atoms with E-state index in [2.05, 4.69) is 0 Å². The van der Waals surface area contributed by atoms with Crippen LogP contribution in [-0.2, 0) is 4.74 Å². The van der Waals surface area contributed by atoms with Crippen LogP contribution in [0, 0.1) is 13.8 Å². The number of nitrogens with zero attached hydrogens (tertiary/aromatic N) is 1. The van der Waals surface area contributed by atoms with Crippen LogP contribution in [-0.4, -0.2) is 34.4 Å². The molecule has 2 aliphatic heterocycles. The standard InChI is InChI=1S/C27H25NO5/c1-14-7-10-23(32-18-11-16-8-9-17(12-18)31-16)24-20(27(29)30)13-21(28-25(14)24)26-15(2)19-5-3-4-6-22(19)33-26/h3-7,10,13,16-18H,8-9,11-12H2,1-2H3,(H,29,30)/t16-,17+,18-. The van der Waals surface area contributed by atoms with Gasteiger partial charge >= 0.3 is 5.97 Å². The Morgan fingerprint density at radius 1 is 1.09 bits per heavy atom. The maximum Gasteiger partial charge on any atom is 0.336 e. The van der Waals surface area contributed by atoms with Gasteiger partial charge in [-0.2, -0.15) is 0 Å². The Labute approximate surface area is 191 Å². The van der Waals surface area contributed by atoms with Crippen LogP contribution < -0.4 is 4.74 Å². The minimum Gasteiger partial charge on any atom is -0.489 e. The monoisotopic (exact) mass is 443 g/mol. The second kappa shape index (κ2) is 7.59. The maximum atomic E-state index is 12.4. The zero-order valence-electron chi connectivity index (χ0n) is 18.6. The Balaban J connectivity index is 1.50. The number of furan rings is 1. The largest absolute Gasteiger partial charge is 0.489 e. The zero-order valence-corrected chi connectivity index (χ0v) is 18.6. The molecule has 0 radical (unpaired) electrons. The summed E-state index contributed by atoms with van der Waals surface area (Å²) in [6.45, 7) is 3.91. The summed E-state index contributed by atoms with van der Waals surface area (Å²) in [5.74, 6) is 0.145. The smallest absolute Gasteiger partial charge is 0.336 e. The molecule has 2 aromatic heterocycles. The van der Waals surface area contributed by atoms with Gasteiger partial charge in [0.15, 0.2) is 5.76 Å². The van der Waals surface area contributed by atoms with Crippen molar-refractivity contribution in [3.05, 3.63) is 59.2 Å².